The first kappa shape index (κ1) is 15.0. The van der Waals surface area contributed by atoms with Crippen LogP contribution in [0.15, 0.2) is 0 Å². The van der Waals surface area contributed by atoms with Gasteiger partial charge in [-0.2, -0.15) is 5.26 Å². The van der Waals surface area contributed by atoms with Crippen molar-refractivity contribution in [3.05, 3.63) is 16.0 Å². The van der Waals surface area contributed by atoms with Crippen molar-refractivity contribution in [1.82, 2.24) is 5.32 Å². The van der Waals surface area contributed by atoms with Gasteiger partial charge in [0.25, 0.3) is 0 Å². The lowest BCUT2D eigenvalue weighted by atomic mass is 10.1. The first-order valence-electron chi connectivity index (χ1n) is 7.00. The molecule has 1 heterocycles. The van der Waals surface area contributed by atoms with E-state index < -0.39 is 0 Å². The van der Waals surface area contributed by atoms with Crippen LogP contribution < -0.4 is 10.6 Å². The summed E-state index contributed by atoms with van der Waals surface area (Å²) in [5.74, 6) is -0.0295. The van der Waals surface area contributed by atoms with Gasteiger partial charge in [0.2, 0.25) is 5.91 Å². The molecular weight excluding hydrogens is 270 g/mol. The van der Waals surface area contributed by atoms with Crippen molar-refractivity contribution in [3.63, 3.8) is 0 Å². The van der Waals surface area contributed by atoms with E-state index in [1.54, 1.807) is 11.3 Å². The van der Waals surface area contributed by atoms with E-state index in [1.807, 2.05) is 0 Å². The number of nitriles is 1. The van der Waals surface area contributed by atoms with Crippen LogP contribution in [-0.2, 0) is 17.6 Å². The van der Waals surface area contributed by atoms with Gasteiger partial charge in [0.05, 0.1) is 5.56 Å². The fourth-order valence-corrected chi connectivity index (χ4v) is 3.61. The minimum absolute atomic E-state index is 0.0161. The number of thiophene rings is 1. The molecule has 0 saturated carbocycles. The van der Waals surface area contributed by atoms with Crippen LogP contribution in [0.3, 0.4) is 0 Å². The fraction of sp³-hybridized carbons (Fsp3) is 0.600. The van der Waals surface area contributed by atoms with Crippen molar-refractivity contribution < 1.29 is 4.79 Å². The first-order chi connectivity index (χ1) is 9.40. The van der Waals surface area contributed by atoms with Crippen LogP contribution in [0.25, 0.3) is 0 Å². The van der Waals surface area contributed by atoms with E-state index in [1.165, 1.54) is 4.88 Å². The Balaban J connectivity index is 1.94. The molecule has 1 aromatic heterocycles. The third-order valence-electron chi connectivity index (χ3n) is 3.29. The monoisotopic (exact) mass is 291 g/mol. The quantitative estimate of drug-likeness (QED) is 0.896. The molecule has 4 nitrogen and oxygen atoms in total. The van der Waals surface area contributed by atoms with Gasteiger partial charge in [-0.3, -0.25) is 4.79 Å². The van der Waals surface area contributed by atoms with Crippen molar-refractivity contribution in [2.45, 2.75) is 52.0 Å². The molecule has 2 N–H and O–H groups in total. The Morgan fingerprint density at radius 1 is 1.40 bits per heavy atom. The van der Waals surface area contributed by atoms with Gasteiger partial charge in [0.15, 0.2) is 0 Å². The van der Waals surface area contributed by atoms with Crippen LogP contribution in [-0.4, -0.2) is 18.0 Å². The lowest BCUT2D eigenvalue weighted by molar-refractivity contribution is -0.116. The Hall–Kier alpha value is -1.38. The lowest BCUT2D eigenvalue weighted by Gasteiger charge is -2.20. The number of carbonyl (C=O) groups excluding carboxylic acids is 1. The number of rotatable bonds is 4. The third-order valence-corrected chi connectivity index (χ3v) is 4.50. The standard InChI is InChI=1S/C15H21N3OS/c1-15(2,3)17-8-7-13(19)18-14-11(9-16)10-5-4-6-12(10)20-14/h17H,4-8H2,1-3H3,(H,18,19). The summed E-state index contributed by atoms with van der Waals surface area (Å²) in [5, 5.41) is 16.2. The van der Waals surface area contributed by atoms with Crippen LogP contribution in [0, 0.1) is 11.3 Å². The summed E-state index contributed by atoms with van der Waals surface area (Å²) in [6.45, 7) is 6.86. The molecule has 1 aromatic rings. The van der Waals surface area contributed by atoms with Gasteiger partial charge in [0.1, 0.15) is 11.1 Å². The molecule has 1 aliphatic carbocycles. The van der Waals surface area contributed by atoms with E-state index in [9.17, 15) is 10.1 Å². The van der Waals surface area contributed by atoms with Gasteiger partial charge in [-0.15, -0.1) is 11.3 Å². The predicted octanol–water partition coefficient (Wildman–Crippen LogP) is 2.83. The van der Waals surface area contributed by atoms with Gasteiger partial charge in [-0.25, -0.2) is 0 Å². The normalized spacial score (nSPS) is 13.9. The molecule has 0 fully saturated rings. The van der Waals surface area contributed by atoms with Crippen molar-refractivity contribution in [1.29, 1.82) is 5.26 Å². The topological polar surface area (TPSA) is 64.9 Å². The highest BCUT2D eigenvalue weighted by molar-refractivity contribution is 7.16. The number of anilines is 1. The molecule has 2 rings (SSSR count). The molecule has 20 heavy (non-hydrogen) atoms. The summed E-state index contributed by atoms with van der Waals surface area (Å²) in [4.78, 5) is 13.2. The predicted molar refractivity (Wildman–Crippen MR) is 82.1 cm³/mol. The van der Waals surface area contributed by atoms with E-state index in [0.29, 0.717) is 18.5 Å². The minimum atomic E-state index is -0.0295. The molecule has 1 aliphatic rings. The van der Waals surface area contributed by atoms with Gasteiger partial charge >= 0.3 is 0 Å². The second-order valence-corrected chi connectivity index (χ2v) is 7.25. The Morgan fingerprint density at radius 3 is 2.80 bits per heavy atom. The molecule has 5 heteroatoms. The maximum atomic E-state index is 11.9. The average Bonchev–Trinajstić information content (AvgIpc) is 2.86. The van der Waals surface area contributed by atoms with E-state index in [0.717, 1.165) is 29.8 Å². The van der Waals surface area contributed by atoms with Crippen LogP contribution in [0.1, 0.15) is 49.6 Å². The van der Waals surface area contributed by atoms with Crippen molar-refractivity contribution >= 4 is 22.2 Å². The lowest BCUT2D eigenvalue weighted by Crippen LogP contribution is -2.37. The van der Waals surface area contributed by atoms with Crippen molar-refractivity contribution in [2.75, 3.05) is 11.9 Å². The smallest absolute Gasteiger partial charge is 0.226 e. The molecule has 0 radical (unpaired) electrons. The van der Waals surface area contributed by atoms with E-state index in [-0.39, 0.29) is 11.4 Å². The second-order valence-electron chi connectivity index (χ2n) is 6.15. The number of carbonyl (C=O) groups is 1. The number of hydrogen-bond donors (Lipinski definition) is 2. The Kier molecular flexibility index (Phi) is 4.46. The van der Waals surface area contributed by atoms with Gasteiger partial charge in [-0.1, -0.05) is 0 Å². The molecule has 0 bridgehead atoms. The first-order valence-corrected chi connectivity index (χ1v) is 7.82. The fourth-order valence-electron chi connectivity index (χ4n) is 2.35. The summed E-state index contributed by atoms with van der Waals surface area (Å²) in [5.41, 5.74) is 1.85. The number of fused-ring (bicyclic) bond motifs is 1. The minimum Gasteiger partial charge on any atom is -0.317 e. The molecule has 108 valence electrons. The van der Waals surface area contributed by atoms with Gasteiger partial charge in [-0.05, 0) is 45.6 Å². The number of nitrogens with zero attached hydrogens (tertiary/aromatic N) is 1. The van der Waals surface area contributed by atoms with Crippen LogP contribution in [0.5, 0.6) is 0 Å². The number of hydrogen-bond acceptors (Lipinski definition) is 4. The molecule has 0 aromatic carbocycles. The molecule has 0 atom stereocenters. The number of amides is 1. The Morgan fingerprint density at radius 2 is 2.15 bits per heavy atom. The maximum absolute atomic E-state index is 11.9. The summed E-state index contributed by atoms with van der Waals surface area (Å²) in [6, 6.07) is 2.24. The third kappa shape index (κ3) is 3.59. The summed E-state index contributed by atoms with van der Waals surface area (Å²) in [7, 11) is 0. The zero-order valence-electron chi connectivity index (χ0n) is 12.3. The van der Waals surface area contributed by atoms with E-state index >= 15 is 0 Å². The SMILES string of the molecule is CC(C)(C)NCCC(=O)Nc1sc2c(c1C#N)CCC2. The van der Waals surface area contributed by atoms with Gasteiger partial charge in [0, 0.05) is 23.4 Å². The summed E-state index contributed by atoms with van der Waals surface area (Å²) < 4.78 is 0. The zero-order valence-corrected chi connectivity index (χ0v) is 13.1. The molecule has 1 amide bonds. The maximum Gasteiger partial charge on any atom is 0.226 e. The molecular formula is C15H21N3OS. The van der Waals surface area contributed by atoms with Crippen LogP contribution >= 0.6 is 11.3 Å². The Bertz CT molecular complexity index is 549. The average molecular weight is 291 g/mol. The molecule has 0 spiro atoms. The van der Waals surface area contributed by atoms with Crippen LogP contribution in [0.4, 0.5) is 5.00 Å². The zero-order chi connectivity index (χ0) is 14.8. The second kappa shape index (κ2) is 5.94. The van der Waals surface area contributed by atoms with Gasteiger partial charge < -0.3 is 10.6 Å². The van der Waals surface area contributed by atoms with Crippen LogP contribution in [0.2, 0.25) is 0 Å². The highest BCUT2D eigenvalue weighted by Gasteiger charge is 2.23. The summed E-state index contributed by atoms with van der Waals surface area (Å²) in [6.07, 6.45) is 3.55. The Labute approximate surface area is 124 Å². The highest BCUT2D eigenvalue weighted by Crippen LogP contribution is 2.38. The summed E-state index contributed by atoms with van der Waals surface area (Å²) >= 11 is 1.57. The largest absolute Gasteiger partial charge is 0.317 e. The number of aryl methyl sites for hydroxylation is 1. The highest BCUT2D eigenvalue weighted by atomic mass is 32.1. The van der Waals surface area contributed by atoms with Crippen molar-refractivity contribution in [3.8, 4) is 6.07 Å². The van der Waals surface area contributed by atoms with E-state index in [4.69, 9.17) is 0 Å². The van der Waals surface area contributed by atoms with E-state index in [2.05, 4.69) is 37.5 Å². The van der Waals surface area contributed by atoms with Crippen molar-refractivity contribution in [2.24, 2.45) is 0 Å². The molecule has 0 saturated heterocycles. The number of nitrogens with one attached hydrogen (secondary N) is 2. The molecule has 0 aliphatic heterocycles. The molecule has 0 unspecified atom stereocenters.